The number of amides is 1. The van der Waals surface area contributed by atoms with Crippen LogP contribution in [0, 0.1) is 25.2 Å². The molecule has 2 heterocycles. The van der Waals surface area contributed by atoms with Crippen LogP contribution in [0.2, 0.25) is 0 Å². The van der Waals surface area contributed by atoms with E-state index in [0.29, 0.717) is 12.2 Å². The Morgan fingerprint density at radius 2 is 1.73 bits per heavy atom. The number of hydrogen-bond acceptors (Lipinski definition) is 8. The summed E-state index contributed by atoms with van der Waals surface area (Å²) in [6.07, 6.45) is 0.297. The summed E-state index contributed by atoms with van der Waals surface area (Å²) in [5.74, 6) is -0.259. The summed E-state index contributed by atoms with van der Waals surface area (Å²) < 4.78 is 43.3. The zero-order chi connectivity index (χ0) is 24.2. The SMILES string of the molecule is COC(=O)c1c(C)oc(C)c1S(=O)(=O)N1CCN(C(=O)COc2ccc(CC#N)cc2)CC1. The number of nitriles is 1. The van der Waals surface area contributed by atoms with Crippen molar-refractivity contribution in [2.45, 2.75) is 25.2 Å². The van der Waals surface area contributed by atoms with Gasteiger partial charge in [0.25, 0.3) is 5.91 Å². The molecule has 0 radical (unpaired) electrons. The number of ether oxygens (including phenoxy) is 2. The zero-order valence-corrected chi connectivity index (χ0v) is 19.5. The van der Waals surface area contributed by atoms with Crippen LogP contribution in [0.1, 0.15) is 27.4 Å². The molecule has 0 saturated carbocycles. The van der Waals surface area contributed by atoms with Crippen molar-refractivity contribution in [2.24, 2.45) is 0 Å². The molecule has 1 aromatic carbocycles. The number of methoxy groups -OCH3 is 1. The van der Waals surface area contributed by atoms with Gasteiger partial charge in [-0.05, 0) is 31.5 Å². The maximum Gasteiger partial charge on any atom is 0.342 e. The van der Waals surface area contributed by atoms with Crippen LogP contribution in [0.4, 0.5) is 0 Å². The van der Waals surface area contributed by atoms with Crippen LogP contribution in [0.3, 0.4) is 0 Å². The molecule has 2 aromatic rings. The van der Waals surface area contributed by atoms with E-state index in [-0.39, 0.29) is 60.7 Å². The zero-order valence-electron chi connectivity index (χ0n) is 18.7. The second-order valence-corrected chi connectivity index (χ2v) is 9.34. The van der Waals surface area contributed by atoms with Crippen molar-refractivity contribution in [1.82, 2.24) is 9.21 Å². The molecule has 11 heteroatoms. The van der Waals surface area contributed by atoms with E-state index in [2.05, 4.69) is 6.07 Å². The second kappa shape index (κ2) is 10.1. The fourth-order valence-electron chi connectivity index (χ4n) is 3.65. The summed E-state index contributed by atoms with van der Waals surface area (Å²) in [5, 5.41) is 8.71. The maximum atomic E-state index is 13.2. The van der Waals surface area contributed by atoms with Crippen molar-refractivity contribution >= 4 is 21.9 Å². The van der Waals surface area contributed by atoms with Crippen molar-refractivity contribution in [3.63, 3.8) is 0 Å². The van der Waals surface area contributed by atoms with Crippen LogP contribution in [0.25, 0.3) is 0 Å². The van der Waals surface area contributed by atoms with Gasteiger partial charge < -0.3 is 18.8 Å². The quantitative estimate of drug-likeness (QED) is 0.553. The average molecular weight is 476 g/mol. The maximum absolute atomic E-state index is 13.2. The fourth-order valence-corrected chi connectivity index (χ4v) is 5.44. The third-order valence-electron chi connectivity index (χ3n) is 5.35. The number of furan rings is 1. The molecule has 33 heavy (non-hydrogen) atoms. The first-order valence-corrected chi connectivity index (χ1v) is 11.7. The third-order valence-corrected chi connectivity index (χ3v) is 7.41. The van der Waals surface area contributed by atoms with E-state index in [1.54, 1.807) is 24.3 Å². The first kappa shape index (κ1) is 24.3. The largest absolute Gasteiger partial charge is 0.484 e. The topological polar surface area (TPSA) is 130 Å². The van der Waals surface area contributed by atoms with Crippen LogP contribution in [-0.2, 0) is 26.0 Å². The lowest BCUT2D eigenvalue weighted by molar-refractivity contribution is -0.134. The molecular weight excluding hydrogens is 450 g/mol. The molecular formula is C22H25N3O7S. The third kappa shape index (κ3) is 5.18. The van der Waals surface area contributed by atoms with Crippen LogP contribution in [-0.4, -0.2) is 69.4 Å². The number of benzene rings is 1. The lowest BCUT2D eigenvalue weighted by Gasteiger charge is -2.34. The van der Waals surface area contributed by atoms with Gasteiger partial charge in [-0.3, -0.25) is 4.79 Å². The molecule has 0 aliphatic carbocycles. The Morgan fingerprint density at radius 3 is 2.30 bits per heavy atom. The van der Waals surface area contributed by atoms with E-state index in [0.717, 1.165) is 5.56 Å². The predicted octanol–water partition coefficient (Wildman–Crippen LogP) is 1.66. The molecule has 1 aromatic heterocycles. The van der Waals surface area contributed by atoms with E-state index >= 15 is 0 Å². The van der Waals surface area contributed by atoms with Gasteiger partial charge in [0.2, 0.25) is 10.0 Å². The number of esters is 1. The summed E-state index contributed by atoms with van der Waals surface area (Å²) >= 11 is 0. The normalized spacial score (nSPS) is 14.5. The minimum Gasteiger partial charge on any atom is -0.484 e. The molecule has 0 unspecified atom stereocenters. The molecule has 0 bridgehead atoms. The van der Waals surface area contributed by atoms with Gasteiger partial charge in [-0.15, -0.1) is 0 Å². The Bertz CT molecular complexity index is 1170. The Kier molecular flexibility index (Phi) is 7.40. The molecule has 0 atom stereocenters. The van der Waals surface area contributed by atoms with E-state index in [4.69, 9.17) is 19.2 Å². The summed E-state index contributed by atoms with van der Waals surface area (Å²) in [6.45, 7) is 3.32. The minimum absolute atomic E-state index is 0.0706. The first-order valence-electron chi connectivity index (χ1n) is 10.2. The molecule has 1 fully saturated rings. The Hall–Kier alpha value is -3.36. The van der Waals surface area contributed by atoms with E-state index in [1.165, 1.54) is 30.2 Å². The number of aryl methyl sites for hydroxylation is 2. The highest BCUT2D eigenvalue weighted by Gasteiger charge is 2.37. The average Bonchev–Trinajstić information content (AvgIpc) is 3.12. The van der Waals surface area contributed by atoms with E-state index < -0.39 is 16.0 Å². The highest BCUT2D eigenvalue weighted by atomic mass is 32.2. The van der Waals surface area contributed by atoms with Crippen LogP contribution in [0.15, 0.2) is 33.6 Å². The number of piperazine rings is 1. The number of carbonyl (C=O) groups excluding carboxylic acids is 2. The van der Waals surface area contributed by atoms with Crippen LogP contribution in [0.5, 0.6) is 5.75 Å². The van der Waals surface area contributed by atoms with E-state index in [9.17, 15) is 18.0 Å². The van der Waals surface area contributed by atoms with Gasteiger partial charge in [0.15, 0.2) is 6.61 Å². The summed E-state index contributed by atoms with van der Waals surface area (Å²) in [5.41, 5.74) is 0.745. The smallest absolute Gasteiger partial charge is 0.342 e. The molecule has 1 aliphatic heterocycles. The Morgan fingerprint density at radius 1 is 1.09 bits per heavy atom. The molecule has 1 saturated heterocycles. The van der Waals surface area contributed by atoms with Crippen LogP contribution < -0.4 is 4.74 Å². The molecule has 0 spiro atoms. The van der Waals surface area contributed by atoms with Crippen molar-refractivity contribution in [3.8, 4) is 11.8 Å². The van der Waals surface area contributed by atoms with Gasteiger partial charge in [0, 0.05) is 26.2 Å². The standard InChI is InChI=1S/C22H25N3O7S/c1-15-20(22(27)30-3)21(16(2)32-15)33(28,29)25-12-10-24(11-13-25)19(26)14-31-18-6-4-17(5-7-18)8-9-23/h4-7H,8,10-14H2,1-3H3. The molecule has 1 aliphatic rings. The van der Waals surface area contributed by atoms with Gasteiger partial charge in [-0.2, -0.15) is 9.57 Å². The van der Waals surface area contributed by atoms with Crippen molar-refractivity contribution < 1.29 is 31.9 Å². The number of sulfonamides is 1. The first-order chi connectivity index (χ1) is 15.7. The lowest BCUT2D eigenvalue weighted by Crippen LogP contribution is -2.51. The highest BCUT2D eigenvalue weighted by Crippen LogP contribution is 2.30. The van der Waals surface area contributed by atoms with Crippen molar-refractivity contribution in [1.29, 1.82) is 5.26 Å². The predicted molar refractivity (Wildman–Crippen MR) is 116 cm³/mol. The van der Waals surface area contributed by atoms with E-state index in [1.807, 2.05) is 0 Å². The van der Waals surface area contributed by atoms with Gasteiger partial charge in [-0.1, -0.05) is 12.1 Å². The van der Waals surface area contributed by atoms with Gasteiger partial charge in [0.05, 0.1) is 19.6 Å². The molecule has 1 amide bonds. The molecule has 10 nitrogen and oxygen atoms in total. The summed E-state index contributed by atoms with van der Waals surface area (Å²) in [6, 6.07) is 8.96. The monoisotopic (exact) mass is 475 g/mol. The summed E-state index contributed by atoms with van der Waals surface area (Å²) in [4.78, 5) is 26.0. The molecule has 176 valence electrons. The van der Waals surface area contributed by atoms with Gasteiger partial charge in [-0.25, -0.2) is 13.2 Å². The van der Waals surface area contributed by atoms with Crippen molar-refractivity contribution in [2.75, 3.05) is 39.9 Å². The number of nitrogens with zero attached hydrogens (tertiary/aromatic N) is 3. The molecule has 3 rings (SSSR count). The van der Waals surface area contributed by atoms with Gasteiger partial charge in [0.1, 0.15) is 27.7 Å². The van der Waals surface area contributed by atoms with Crippen molar-refractivity contribution in [3.05, 3.63) is 46.9 Å². The fraction of sp³-hybridized carbons (Fsp3) is 0.409. The highest BCUT2D eigenvalue weighted by molar-refractivity contribution is 7.89. The second-order valence-electron chi connectivity index (χ2n) is 7.46. The lowest BCUT2D eigenvalue weighted by atomic mass is 10.2. The molecule has 0 N–H and O–H groups in total. The van der Waals surface area contributed by atoms with Gasteiger partial charge >= 0.3 is 5.97 Å². The number of carbonyl (C=O) groups is 2. The number of hydrogen-bond donors (Lipinski definition) is 0. The summed E-state index contributed by atoms with van der Waals surface area (Å²) in [7, 11) is -2.85. The minimum atomic E-state index is -4.02. The Labute approximate surface area is 192 Å². The van der Waals surface area contributed by atoms with Crippen LogP contribution >= 0.6 is 0 Å². The number of rotatable bonds is 7. The Balaban J connectivity index is 1.62.